The molecular weight excluding hydrogens is 176 g/mol. The average molecular weight is 196 g/mol. The van der Waals surface area contributed by atoms with Gasteiger partial charge in [0.25, 0.3) is 0 Å². The minimum atomic E-state index is -1.05. The lowest BCUT2D eigenvalue weighted by Crippen LogP contribution is -2.49. The van der Waals surface area contributed by atoms with E-state index in [2.05, 4.69) is 6.58 Å². The highest BCUT2D eigenvalue weighted by Gasteiger charge is 2.42. The largest absolute Gasteiger partial charge is 0.389 e. The summed E-state index contributed by atoms with van der Waals surface area (Å²) in [5, 5.41) is 20.4. The van der Waals surface area contributed by atoms with E-state index < -0.39 is 11.7 Å². The second kappa shape index (κ2) is 3.87. The molecular formula is C12H20O2. The van der Waals surface area contributed by atoms with Crippen molar-refractivity contribution in [1.29, 1.82) is 0 Å². The zero-order chi connectivity index (χ0) is 10.9. The fourth-order valence-corrected chi connectivity index (χ4v) is 2.13. The van der Waals surface area contributed by atoms with Crippen LogP contribution >= 0.6 is 0 Å². The van der Waals surface area contributed by atoms with Gasteiger partial charge in [0, 0.05) is 5.92 Å². The molecule has 2 heteroatoms. The Morgan fingerprint density at radius 2 is 2.29 bits per heavy atom. The van der Waals surface area contributed by atoms with Crippen molar-refractivity contribution in [3.05, 3.63) is 23.8 Å². The highest BCUT2D eigenvalue weighted by atomic mass is 16.3. The van der Waals surface area contributed by atoms with Crippen LogP contribution in [0.2, 0.25) is 0 Å². The fraction of sp³-hybridized carbons (Fsp3) is 0.667. The van der Waals surface area contributed by atoms with Crippen LogP contribution in [0, 0.1) is 5.92 Å². The summed E-state index contributed by atoms with van der Waals surface area (Å²) >= 11 is 0. The van der Waals surface area contributed by atoms with Crippen molar-refractivity contribution in [2.75, 3.05) is 0 Å². The molecule has 0 saturated heterocycles. The first-order valence-electron chi connectivity index (χ1n) is 5.16. The van der Waals surface area contributed by atoms with Gasteiger partial charge in [0.15, 0.2) is 0 Å². The lowest BCUT2D eigenvalue weighted by Gasteiger charge is -2.41. The molecule has 0 aromatic heterocycles. The Balaban J connectivity index is 3.02. The number of hydrogen-bond acceptors (Lipinski definition) is 2. The second-order valence-electron chi connectivity index (χ2n) is 4.30. The molecule has 0 aromatic carbocycles. The monoisotopic (exact) mass is 196 g/mol. The zero-order valence-electron chi connectivity index (χ0n) is 9.25. The third kappa shape index (κ3) is 1.64. The SMILES string of the molecule is C=C(C)[C@@H]1CC=C(C)C(O)(CC)C1O. The van der Waals surface area contributed by atoms with E-state index in [4.69, 9.17) is 0 Å². The van der Waals surface area contributed by atoms with Crippen LogP contribution in [-0.2, 0) is 0 Å². The van der Waals surface area contributed by atoms with Crippen LogP contribution in [0.5, 0.6) is 0 Å². The molecule has 3 atom stereocenters. The Bertz CT molecular complexity index is 267. The highest BCUT2D eigenvalue weighted by molar-refractivity contribution is 5.25. The zero-order valence-corrected chi connectivity index (χ0v) is 9.25. The maximum absolute atomic E-state index is 10.3. The van der Waals surface area contributed by atoms with Crippen LogP contribution in [0.3, 0.4) is 0 Å². The Morgan fingerprint density at radius 1 is 1.71 bits per heavy atom. The van der Waals surface area contributed by atoms with Crippen LogP contribution in [0.1, 0.15) is 33.6 Å². The summed E-state index contributed by atoms with van der Waals surface area (Å²) in [4.78, 5) is 0. The van der Waals surface area contributed by atoms with Gasteiger partial charge in [-0.1, -0.05) is 25.2 Å². The molecule has 2 N–H and O–H groups in total. The molecule has 0 aliphatic heterocycles. The Kier molecular flexibility index (Phi) is 3.17. The minimum Gasteiger partial charge on any atom is -0.389 e. The molecule has 14 heavy (non-hydrogen) atoms. The number of allylic oxidation sites excluding steroid dienone is 1. The fourth-order valence-electron chi connectivity index (χ4n) is 2.13. The molecule has 0 saturated carbocycles. The smallest absolute Gasteiger partial charge is 0.111 e. The van der Waals surface area contributed by atoms with Crippen molar-refractivity contribution in [3.8, 4) is 0 Å². The second-order valence-corrected chi connectivity index (χ2v) is 4.30. The summed E-state index contributed by atoms with van der Waals surface area (Å²) < 4.78 is 0. The lowest BCUT2D eigenvalue weighted by atomic mass is 9.72. The number of hydrogen-bond donors (Lipinski definition) is 2. The normalized spacial score (nSPS) is 37.9. The standard InChI is InChI=1S/C12H20O2/c1-5-12(14)9(4)6-7-10(8(2)3)11(12)13/h6,10-11,13-14H,2,5,7H2,1,3-4H3/t10-,11?,12?/m0/s1. The van der Waals surface area contributed by atoms with Crippen molar-refractivity contribution in [3.63, 3.8) is 0 Å². The van der Waals surface area contributed by atoms with E-state index in [-0.39, 0.29) is 5.92 Å². The predicted octanol–water partition coefficient (Wildman–Crippen LogP) is 2.03. The summed E-state index contributed by atoms with van der Waals surface area (Å²) in [6.07, 6.45) is 2.62. The van der Waals surface area contributed by atoms with Crippen LogP contribution in [0.4, 0.5) is 0 Å². The molecule has 0 fully saturated rings. The molecule has 0 radical (unpaired) electrons. The first kappa shape index (κ1) is 11.5. The van der Waals surface area contributed by atoms with E-state index in [0.717, 1.165) is 17.6 Å². The van der Waals surface area contributed by atoms with Crippen LogP contribution in [0.15, 0.2) is 23.8 Å². The first-order chi connectivity index (χ1) is 6.43. The molecule has 2 unspecified atom stereocenters. The van der Waals surface area contributed by atoms with Crippen LogP contribution in [0.25, 0.3) is 0 Å². The van der Waals surface area contributed by atoms with E-state index in [1.807, 2.05) is 26.8 Å². The van der Waals surface area contributed by atoms with Gasteiger partial charge < -0.3 is 10.2 Å². The maximum atomic E-state index is 10.3. The molecule has 2 nitrogen and oxygen atoms in total. The topological polar surface area (TPSA) is 40.5 Å². The van der Waals surface area contributed by atoms with Crippen molar-refractivity contribution in [1.82, 2.24) is 0 Å². The highest BCUT2D eigenvalue weighted by Crippen LogP contribution is 2.37. The van der Waals surface area contributed by atoms with Gasteiger partial charge in [-0.3, -0.25) is 0 Å². The molecule has 80 valence electrons. The van der Waals surface area contributed by atoms with Crippen molar-refractivity contribution in [2.24, 2.45) is 5.92 Å². The van der Waals surface area contributed by atoms with E-state index in [0.29, 0.717) is 6.42 Å². The quantitative estimate of drug-likeness (QED) is 0.663. The van der Waals surface area contributed by atoms with E-state index in [1.165, 1.54) is 0 Å². The lowest BCUT2D eigenvalue weighted by molar-refractivity contribution is -0.0770. The van der Waals surface area contributed by atoms with Gasteiger partial charge in [0.2, 0.25) is 0 Å². The molecule has 1 aliphatic rings. The third-order valence-corrected chi connectivity index (χ3v) is 3.40. The number of rotatable bonds is 2. The first-order valence-corrected chi connectivity index (χ1v) is 5.16. The predicted molar refractivity (Wildman–Crippen MR) is 57.9 cm³/mol. The van der Waals surface area contributed by atoms with Crippen LogP contribution in [-0.4, -0.2) is 21.9 Å². The van der Waals surface area contributed by atoms with Gasteiger partial charge >= 0.3 is 0 Å². The Labute approximate surface area is 86.0 Å². The summed E-state index contributed by atoms with van der Waals surface area (Å²) in [5.41, 5.74) is 0.764. The number of aliphatic hydroxyl groups is 2. The van der Waals surface area contributed by atoms with Gasteiger partial charge in [-0.05, 0) is 32.3 Å². The summed E-state index contributed by atoms with van der Waals surface area (Å²) in [6.45, 7) is 9.52. The van der Waals surface area contributed by atoms with Crippen molar-refractivity contribution >= 4 is 0 Å². The van der Waals surface area contributed by atoms with E-state index in [1.54, 1.807) is 0 Å². The van der Waals surface area contributed by atoms with Gasteiger partial charge in [-0.25, -0.2) is 0 Å². The molecule has 1 aliphatic carbocycles. The van der Waals surface area contributed by atoms with Gasteiger partial charge in [-0.2, -0.15) is 0 Å². The molecule has 0 bridgehead atoms. The molecule has 0 heterocycles. The Hall–Kier alpha value is -0.600. The summed E-state index contributed by atoms with van der Waals surface area (Å²) in [7, 11) is 0. The van der Waals surface area contributed by atoms with Gasteiger partial charge in [-0.15, -0.1) is 0 Å². The number of aliphatic hydroxyl groups excluding tert-OH is 1. The summed E-state index contributed by atoms with van der Waals surface area (Å²) in [6, 6.07) is 0. The van der Waals surface area contributed by atoms with E-state index in [9.17, 15) is 10.2 Å². The molecule has 0 aromatic rings. The van der Waals surface area contributed by atoms with E-state index >= 15 is 0 Å². The maximum Gasteiger partial charge on any atom is 0.111 e. The third-order valence-electron chi connectivity index (χ3n) is 3.40. The van der Waals surface area contributed by atoms with Crippen LogP contribution < -0.4 is 0 Å². The van der Waals surface area contributed by atoms with Crippen molar-refractivity contribution in [2.45, 2.75) is 45.3 Å². The minimum absolute atomic E-state index is 0.0105. The van der Waals surface area contributed by atoms with Gasteiger partial charge in [0.05, 0.1) is 6.10 Å². The molecule has 0 spiro atoms. The van der Waals surface area contributed by atoms with Gasteiger partial charge in [0.1, 0.15) is 5.60 Å². The summed E-state index contributed by atoms with van der Waals surface area (Å²) in [5.74, 6) is -0.0105. The van der Waals surface area contributed by atoms with Crippen molar-refractivity contribution < 1.29 is 10.2 Å². The molecule has 1 rings (SSSR count). The Morgan fingerprint density at radius 3 is 2.71 bits per heavy atom. The molecule has 0 amide bonds. The average Bonchev–Trinajstić information content (AvgIpc) is 2.14.